The number of sulfonamides is 1. The molecule has 0 amide bonds. The van der Waals surface area contributed by atoms with E-state index in [1.54, 1.807) is 0 Å². The topological polar surface area (TPSA) is 75.6 Å². The number of halogens is 2. The van der Waals surface area contributed by atoms with Crippen molar-refractivity contribution in [3.63, 3.8) is 0 Å². The van der Waals surface area contributed by atoms with Crippen LogP contribution in [0.2, 0.25) is 0 Å². The number of nitrogens with one attached hydrogen (secondary N) is 1. The van der Waals surface area contributed by atoms with Crippen molar-refractivity contribution in [3.8, 4) is 0 Å². The van der Waals surface area contributed by atoms with E-state index in [0.717, 1.165) is 18.2 Å². The fourth-order valence-electron chi connectivity index (χ4n) is 1.78. The third kappa shape index (κ3) is 3.08. The molecular weight excluding hydrogens is 280 g/mol. The van der Waals surface area contributed by atoms with Crippen LogP contribution < -0.4 is 4.72 Å². The molecule has 1 aromatic carbocycles. The molecule has 1 aromatic rings. The van der Waals surface area contributed by atoms with Crippen molar-refractivity contribution in [2.45, 2.75) is 16.9 Å². The minimum Gasteiger partial charge on any atom is -0.386 e. The third-order valence-corrected chi connectivity index (χ3v) is 4.31. The molecule has 1 atom stereocenters. The Balaban J connectivity index is 2.19. The summed E-state index contributed by atoms with van der Waals surface area (Å²) in [5.41, 5.74) is -1.34. The van der Waals surface area contributed by atoms with Gasteiger partial charge < -0.3 is 9.84 Å². The fourth-order valence-corrected chi connectivity index (χ4v) is 3.03. The zero-order chi connectivity index (χ0) is 14.1. The first-order chi connectivity index (χ1) is 8.84. The summed E-state index contributed by atoms with van der Waals surface area (Å²) in [6, 6.07) is 2.78. The van der Waals surface area contributed by atoms with Crippen LogP contribution in [0.25, 0.3) is 0 Å². The van der Waals surface area contributed by atoms with Crippen molar-refractivity contribution in [3.05, 3.63) is 29.8 Å². The van der Waals surface area contributed by atoms with Crippen LogP contribution in [0.1, 0.15) is 6.42 Å². The number of aliphatic hydroxyl groups is 1. The molecule has 1 fully saturated rings. The van der Waals surface area contributed by atoms with Gasteiger partial charge in [-0.15, -0.1) is 0 Å². The summed E-state index contributed by atoms with van der Waals surface area (Å²) < 4.78 is 57.4. The second kappa shape index (κ2) is 5.12. The van der Waals surface area contributed by atoms with Crippen LogP contribution in [0.4, 0.5) is 8.78 Å². The van der Waals surface area contributed by atoms with Gasteiger partial charge >= 0.3 is 0 Å². The zero-order valence-electron chi connectivity index (χ0n) is 9.90. The normalized spacial score (nSPS) is 23.7. The second-order valence-corrected chi connectivity index (χ2v) is 6.11. The molecule has 5 nitrogen and oxygen atoms in total. The van der Waals surface area contributed by atoms with Crippen LogP contribution >= 0.6 is 0 Å². The number of hydrogen-bond acceptors (Lipinski definition) is 4. The van der Waals surface area contributed by atoms with Crippen molar-refractivity contribution < 1.29 is 27.0 Å². The second-order valence-electron chi connectivity index (χ2n) is 4.40. The summed E-state index contributed by atoms with van der Waals surface area (Å²) in [4.78, 5) is -1.04. The number of benzene rings is 1. The largest absolute Gasteiger partial charge is 0.386 e. The Bertz CT molecular complexity index is 550. The van der Waals surface area contributed by atoms with E-state index in [9.17, 15) is 22.3 Å². The molecule has 0 aliphatic carbocycles. The smallest absolute Gasteiger partial charge is 0.246 e. The van der Waals surface area contributed by atoms with Gasteiger partial charge in [0.25, 0.3) is 0 Å². The van der Waals surface area contributed by atoms with E-state index in [0.29, 0.717) is 6.61 Å². The summed E-state index contributed by atoms with van der Waals surface area (Å²) >= 11 is 0. The summed E-state index contributed by atoms with van der Waals surface area (Å²) in [5.74, 6) is -2.36. The Morgan fingerprint density at radius 3 is 2.53 bits per heavy atom. The van der Waals surface area contributed by atoms with Crippen LogP contribution in [0, 0.1) is 11.6 Å². The Morgan fingerprint density at radius 2 is 2.00 bits per heavy atom. The first-order valence-electron chi connectivity index (χ1n) is 5.58. The molecule has 8 heteroatoms. The molecule has 0 spiro atoms. The van der Waals surface area contributed by atoms with Crippen LogP contribution in [0.3, 0.4) is 0 Å². The van der Waals surface area contributed by atoms with E-state index in [2.05, 4.69) is 0 Å². The van der Waals surface area contributed by atoms with E-state index in [1.807, 2.05) is 4.72 Å². The third-order valence-electron chi connectivity index (χ3n) is 2.86. The van der Waals surface area contributed by atoms with Gasteiger partial charge in [0.2, 0.25) is 10.0 Å². The van der Waals surface area contributed by atoms with Gasteiger partial charge in [-0.1, -0.05) is 6.07 Å². The first-order valence-corrected chi connectivity index (χ1v) is 7.06. The Labute approximate surface area is 109 Å². The fraction of sp³-hybridized carbons (Fsp3) is 0.455. The van der Waals surface area contributed by atoms with E-state index in [1.165, 1.54) is 0 Å². The lowest BCUT2D eigenvalue weighted by molar-refractivity contribution is 0.0314. The van der Waals surface area contributed by atoms with Gasteiger partial charge in [0.05, 0.1) is 6.61 Å². The monoisotopic (exact) mass is 293 g/mol. The molecule has 0 radical (unpaired) electrons. The van der Waals surface area contributed by atoms with Gasteiger partial charge in [-0.25, -0.2) is 21.9 Å². The molecule has 0 aromatic heterocycles. The predicted molar refractivity (Wildman–Crippen MR) is 61.9 cm³/mol. The van der Waals surface area contributed by atoms with E-state index in [4.69, 9.17) is 4.74 Å². The van der Waals surface area contributed by atoms with Crippen molar-refractivity contribution in [1.29, 1.82) is 0 Å². The highest BCUT2D eigenvalue weighted by Gasteiger charge is 2.34. The summed E-state index contributed by atoms with van der Waals surface area (Å²) in [6.45, 7) is -0.0648. The van der Waals surface area contributed by atoms with Gasteiger partial charge in [-0.2, -0.15) is 0 Å². The molecule has 2 rings (SSSR count). The molecule has 0 saturated carbocycles. The minimum atomic E-state index is -4.36. The molecule has 1 heterocycles. The Kier molecular flexibility index (Phi) is 3.86. The quantitative estimate of drug-likeness (QED) is 0.842. The van der Waals surface area contributed by atoms with Gasteiger partial charge in [0, 0.05) is 19.6 Å². The summed E-state index contributed by atoms with van der Waals surface area (Å²) in [6.07, 6.45) is 0.259. The lowest BCUT2D eigenvalue weighted by Crippen LogP contribution is -2.43. The minimum absolute atomic E-state index is 0.0186. The van der Waals surface area contributed by atoms with Crippen LogP contribution in [0.5, 0.6) is 0 Å². The molecule has 1 saturated heterocycles. The Morgan fingerprint density at radius 1 is 1.37 bits per heavy atom. The molecule has 1 aliphatic rings. The standard InChI is InChI=1S/C11H13F2NO4S/c12-8-2-1-3-9(13)10(8)19(16,17)14-6-11(15)4-5-18-7-11/h1-3,14-15H,4-7H2/t11-/m1/s1. The van der Waals surface area contributed by atoms with Crippen molar-refractivity contribution in [2.75, 3.05) is 19.8 Å². The van der Waals surface area contributed by atoms with Crippen LogP contribution in [0.15, 0.2) is 23.1 Å². The molecule has 106 valence electrons. The molecular formula is C11H13F2NO4S. The highest BCUT2D eigenvalue weighted by molar-refractivity contribution is 7.89. The average molecular weight is 293 g/mol. The first kappa shape index (κ1) is 14.3. The lowest BCUT2D eigenvalue weighted by atomic mass is 10.1. The maximum absolute atomic E-state index is 13.4. The van der Waals surface area contributed by atoms with Gasteiger partial charge in [0.1, 0.15) is 17.2 Å². The van der Waals surface area contributed by atoms with Crippen molar-refractivity contribution >= 4 is 10.0 Å². The summed E-state index contributed by atoms with van der Waals surface area (Å²) in [7, 11) is -4.36. The zero-order valence-corrected chi connectivity index (χ0v) is 10.7. The van der Waals surface area contributed by atoms with E-state index >= 15 is 0 Å². The summed E-state index contributed by atoms with van der Waals surface area (Å²) in [5, 5.41) is 9.90. The van der Waals surface area contributed by atoms with Crippen molar-refractivity contribution in [1.82, 2.24) is 4.72 Å². The SMILES string of the molecule is O=S(=O)(NC[C@]1(O)CCOC1)c1c(F)cccc1F. The molecule has 19 heavy (non-hydrogen) atoms. The number of rotatable bonds is 4. The maximum Gasteiger partial charge on any atom is 0.246 e. The highest BCUT2D eigenvalue weighted by Crippen LogP contribution is 2.21. The average Bonchev–Trinajstić information content (AvgIpc) is 2.74. The maximum atomic E-state index is 13.4. The van der Waals surface area contributed by atoms with Gasteiger partial charge in [-0.3, -0.25) is 0 Å². The highest BCUT2D eigenvalue weighted by atomic mass is 32.2. The van der Waals surface area contributed by atoms with E-state index < -0.39 is 32.2 Å². The van der Waals surface area contributed by atoms with Crippen LogP contribution in [-0.2, 0) is 14.8 Å². The number of ether oxygens (including phenoxy) is 1. The van der Waals surface area contributed by atoms with Crippen LogP contribution in [-0.4, -0.2) is 38.9 Å². The van der Waals surface area contributed by atoms with Gasteiger partial charge in [-0.05, 0) is 12.1 Å². The molecule has 2 N–H and O–H groups in total. The molecule has 0 bridgehead atoms. The van der Waals surface area contributed by atoms with E-state index in [-0.39, 0.29) is 19.6 Å². The predicted octanol–water partition coefficient (Wildman–Crippen LogP) is 0.394. The lowest BCUT2D eigenvalue weighted by Gasteiger charge is -2.20. The van der Waals surface area contributed by atoms with Crippen molar-refractivity contribution in [2.24, 2.45) is 0 Å². The molecule has 0 unspecified atom stereocenters. The molecule has 1 aliphatic heterocycles. The Hall–Kier alpha value is -1.09. The van der Waals surface area contributed by atoms with Gasteiger partial charge in [0.15, 0.2) is 4.90 Å². The number of hydrogen-bond donors (Lipinski definition) is 2.